The third kappa shape index (κ3) is 7.76. The highest BCUT2D eigenvalue weighted by atomic mass is 35.5. The van der Waals surface area contributed by atoms with Crippen LogP contribution >= 0.6 is 34.8 Å². The lowest BCUT2D eigenvalue weighted by molar-refractivity contribution is -0.140. The molecule has 0 unspecified atom stereocenters. The molecule has 11 heteroatoms. The summed E-state index contributed by atoms with van der Waals surface area (Å²) in [5, 5.41) is 4.24. The van der Waals surface area contributed by atoms with Gasteiger partial charge < -0.3 is 10.2 Å². The lowest BCUT2D eigenvalue weighted by Crippen LogP contribution is -2.53. The van der Waals surface area contributed by atoms with Gasteiger partial charge in [-0.05, 0) is 61.6 Å². The highest BCUT2D eigenvalue weighted by Crippen LogP contribution is 2.27. The summed E-state index contributed by atoms with van der Waals surface area (Å²) in [4.78, 5) is 28.5. The Balaban J connectivity index is 1.96. The van der Waals surface area contributed by atoms with Crippen LogP contribution < -0.4 is 9.62 Å². The van der Waals surface area contributed by atoms with Gasteiger partial charge in [0.15, 0.2) is 0 Å². The number of aryl methyl sites for hydroxylation is 1. The standard InChI is InChI=1S/C26H32Cl3N3O4S/c1-4-24(26(34)30-20-7-5-6-8-20)31(15-18-10-11-19(27)13-23(18)29)25(33)16-32(37(3,35)36)21-12-9-17(2)22(28)14-21/h9-14,20,24H,4-8,15-16H2,1-3H3,(H,30,34)/t24-/m0/s1. The molecule has 1 N–H and O–H groups in total. The number of carbonyl (C=O) groups excluding carboxylic acids is 2. The number of anilines is 1. The van der Waals surface area contributed by atoms with Crippen molar-refractivity contribution in [2.45, 2.75) is 64.6 Å². The van der Waals surface area contributed by atoms with Gasteiger partial charge in [0.1, 0.15) is 12.6 Å². The molecule has 0 aliphatic heterocycles. The maximum absolute atomic E-state index is 13.8. The van der Waals surface area contributed by atoms with Gasteiger partial charge in [-0.2, -0.15) is 0 Å². The Bertz CT molecular complexity index is 1250. The van der Waals surface area contributed by atoms with E-state index in [0.717, 1.165) is 41.8 Å². The highest BCUT2D eigenvalue weighted by molar-refractivity contribution is 7.92. The largest absolute Gasteiger partial charge is 0.352 e. The maximum atomic E-state index is 13.8. The van der Waals surface area contributed by atoms with Gasteiger partial charge in [0, 0.05) is 27.7 Å². The van der Waals surface area contributed by atoms with Gasteiger partial charge in [-0.15, -0.1) is 0 Å². The predicted molar refractivity (Wildman–Crippen MR) is 150 cm³/mol. The third-order valence-electron chi connectivity index (χ3n) is 6.57. The lowest BCUT2D eigenvalue weighted by atomic mass is 10.1. The van der Waals surface area contributed by atoms with Gasteiger partial charge in [-0.3, -0.25) is 13.9 Å². The molecular formula is C26H32Cl3N3O4S. The molecule has 0 heterocycles. The molecule has 1 atom stereocenters. The fourth-order valence-electron chi connectivity index (χ4n) is 4.47. The summed E-state index contributed by atoms with van der Waals surface area (Å²) in [7, 11) is -3.85. The fourth-order valence-corrected chi connectivity index (χ4v) is 5.96. The molecule has 2 amide bonds. The second-order valence-electron chi connectivity index (χ2n) is 9.37. The van der Waals surface area contributed by atoms with E-state index in [2.05, 4.69) is 5.32 Å². The Hall–Kier alpha value is -2.00. The number of halogens is 3. The molecule has 7 nitrogen and oxygen atoms in total. The van der Waals surface area contributed by atoms with E-state index in [-0.39, 0.29) is 24.2 Å². The molecule has 0 radical (unpaired) electrons. The van der Waals surface area contributed by atoms with Crippen molar-refractivity contribution >= 4 is 62.3 Å². The van der Waals surface area contributed by atoms with E-state index >= 15 is 0 Å². The second kappa shape index (κ2) is 12.7. The minimum Gasteiger partial charge on any atom is -0.352 e. The smallest absolute Gasteiger partial charge is 0.244 e. The molecule has 1 aliphatic carbocycles. The van der Waals surface area contributed by atoms with Gasteiger partial charge in [-0.25, -0.2) is 8.42 Å². The number of carbonyl (C=O) groups is 2. The normalized spacial score (nSPS) is 14.9. The van der Waals surface area contributed by atoms with Crippen LogP contribution in [0.1, 0.15) is 50.2 Å². The summed E-state index contributed by atoms with van der Waals surface area (Å²) in [6.07, 6.45) is 5.26. The van der Waals surface area contributed by atoms with Crippen LogP contribution in [-0.2, 0) is 26.2 Å². The van der Waals surface area contributed by atoms with Crippen molar-refractivity contribution in [3.8, 4) is 0 Å². The van der Waals surface area contributed by atoms with Crippen molar-refractivity contribution in [3.05, 3.63) is 62.6 Å². The molecule has 3 rings (SSSR count). The van der Waals surface area contributed by atoms with Crippen molar-refractivity contribution in [2.24, 2.45) is 0 Å². The van der Waals surface area contributed by atoms with E-state index < -0.39 is 28.5 Å². The number of sulfonamides is 1. The quantitative estimate of drug-likeness (QED) is 0.392. The Morgan fingerprint density at radius 3 is 2.30 bits per heavy atom. The van der Waals surface area contributed by atoms with Crippen LogP contribution in [-0.4, -0.2) is 50.0 Å². The van der Waals surface area contributed by atoms with Gasteiger partial charge in [0.2, 0.25) is 21.8 Å². The summed E-state index contributed by atoms with van der Waals surface area (Å²) in [5.74, 6) is -0.807. The van der Waals surface area contributed by atoms with Crippen molar-refractivity contribution < 1.29 is 18.0 Å². The minimum absolute atomic E-state index is 0.0116. The zero-order valence-corrected chi connectivity index (χ0v) is 24.2. The molecule has 0 spiro atoms. The van der Waals surface area contributed by atoms with Gasteiger partial charge in [-0.1, -0.05) is 66.7 Å². The number of nitrogens with one attached hydrogen (secondary N) is 1. The molecule has 0 bridgehead atoms. The number of benzene rings is 2. The first-order chi connectivity index (χ1) is 17.4. The molecular weight excluding hydrogens is 557 g/mol. The monoisotopic (exact) mass is 587 g/mol. The Morgan fingerprint density at radius 1 is 1.05 bits per heavy atom. The van der Waals surface area contributed by atoms with Crippen LogP contribution in [0.2, 0.25) is 15.1 Å². The van der Waals surface area contributed by atoms with Crippen LogP contribution in [0.25, 0.3) is 0 Å². The van der Waals surface area contributed by atoms with Crippen molar-refractivity contribution in [1.82, 2.24) is 10.2 Å². The predicted octanol–water partition coefficient (Wildman–Crippen LogP) is 5.59. The zero-order chi connectivity index (χ0) is 27.3. The minimum atomic E-state index is -3.85. The Morgan fingerprint density at radius 2 is 1.73 bits per heavy atom. The van der Waals surface area contributed by atoms with Crippen LogP contribution in [0.15, 0.2) is 36.4 Å². The van der Waals surface area contributed by atoms with E-state index in [0.29, 0.717) is 27.1 Å². The number of hydrogen-bond acceptors (Lipinski definition) is 4. The summed E-state index contributed by atoms with van der Waals surface area (Å²) in [6, 6.07) is 8.97. The van der Waals surface area contributed by atoms with Crippen LogP contribution in [0.3, 0.4) is 0 Å². The van der Waals surface area contributed by atoms with Crippen molar-refractivity contribution in [2.75, 3.05) is 17.1 Å². The van der Waals surface area contributed by atoms with Gasteiger partial charge in [0.05, 0.1) is 11.9 Å². The third-order valence-corrected chi connectivity index (χ3v) is 8.70. The summed E-state index contributed by atoms with van der Waals surface area (Å²) in [5.41, 5.74) is 1.63. The molecule has 1 aliphatic rings. The second-order valence-corrected chi connectivity index (χ2v) is 12.5. The van der Waals surface area contributed by atoms with Gasteiger partial charge in [0.25, 0.3) is 0 Å². The van der Waals surface area contributed by atoms with Crippen LogP contribution in [0.5, 0.6) is 0 Å². The molecule has 2 aromatic rings. The summed E-state index contributed by atoms with van der Waals surface area (Å²) >= 11 is 18.7. The summed E-state index contributed by atoms with van der Waals surface area (Å²) in [6.45, 7) is 3.12. The highest BCUT2D eigenvalue weighted by Gasteiger charge is 2.33. The van der Waals surface area contributed by atoms with E-state index in [1.54, 1.807) is 37.3 Å². The average Bonchev–Trinajstić information content (AvgIpc) is 3.32. The van der Waals surface area contributed by atoms with Crippen LogP contribution in [0.4, 0.5) is 5.69 Å². The van der Waals surface area contributed by atoms with Crippen LogP contribution in [0, 0.1) is 6.92 Å². The SMILES string of the molecule is CC[C@@H](C(=O)NC1CCCC1)N(Cc1ccc(Cl)cc1Cl)C(=O)CN(c1ccc(C)c(Cl)c1)S(C)(=O)=O. The van der Waals surface area contributed by atoms with Crippen molar-refractivity contribution in [3.63, 3.8) is 0 Å². The molecule has 2 aromatic carbocycles. The first-order valence-corrected chi connectivity index (χ1v) is 15.2. The Kier molecular flexibility index (Phi) is 10.1. The number of hydrogen-bond donors (Lipinski definition) is 1. The maximum Gasteiger partial charge on any atom is 0.244 e. The van der Waals surface area contributed by atoms with E-state index in [1.807, 2.05) is 6.92 Å². The molecule has 0 aromatic heterocycles. The molecule has 1 saturated carbocycles. The Labute approximate surface area is 234 Å². The van der Waals surface area contributed by atoms with E-state index in [9.17, 15) is 18.0 Å². The first kappa shape index (κ1) is 29.6. The van der Waals surface area contributed by atoms with Gasteiger partial charge >= 0.3 is 0 Å². The van der Waals surface area contributed by atoms with E-state index in [4.69, 9.17) is 34.8 Å². The molecule has 202 valence electrons. The molecule has 0 saturated heterocycles. The number of nitrogens with zero attached hydrogens (tertiary/aromatic N) is 2. The summed E-state index contributed by atoms with van der Waals surface area (Å²) < 4.78 is 26.5. The number of amides is 2. The fraction of sp³-hybridized carbons (Fsp3) is 0.462. The molecule has 1 fully saturated rings. The lowest BCUT2D eigenvalue weighted by Gasteiger charge is -2.33. The first-order valence-electron chi connectivity index (χ1n) is 12.2. The van der Waals surface area contributed by atoms with E-state index in [1.165, 1.54) is 11.0 Å². The average molecular weight is 589 g/mol. The topological polar surface area (TPSA) is 86.8 Å². The van der Waals surface area contributed by atoms with Crippen molar-refractivity contribution in [1.29, 1.82) is 0 Å². The zero-order valence-electron chi connectivity index (χ0n) is 21.1. The molecule has 37 heavy (non-hydrogen) atoms. The number of rotatable bonds is 10.